The van der Waals surface area contributed by atoms with Gasteiger partial charge in [0.15, 0.2) is 5.82 Å². The summed E-state index contributed by atoms with van der Waals surface area (Å²) in [4.78, 5) is 12.2. The van der Waals surface area contributed by atoms with Crippen LogP contribution in [-0.2, 0) is 6.54 Å². The van der Waals surface area contributed by atoms with Crippen molar-refractivity contribution in [2.75, 3.05) is 0 Å². The molecule has 23 heavy (non-hydrogen) atoms. The van der Waals surface area contributed by atoms with Crippen molar-refractivity contribution in [3.8, 4) is 5.69 Å². The lowest BCUT2D eigenvalue weighted by Crippen LogP contribution is -2.23. The van der Waals surface area contributed by atoms with E-state index in [1.807, 2.05) is 6.07 Å². The maximum atomic E-state index is 12.9. The zero-order chi connectivity index (χ0) is 16.2. The molecule has 1 heterocycles. The fourth-order valence-electron chi connectivity index (χ4n) is 2.14. The highest BCUT2D eigenvalue weighted by Gasteiger charge is 2.09. The molecular formula is C16H14FN5O. The number of tetrazole rings is 1. The van der Waals surface area contributed by atoms with Crippen LogP contribution < -0.4 is 5.32 Å². The average Bonchev–Trinajstić information content (AvgIpc) is 3.00. The van der Waals surface area contributed by atoms with Gasteiger partial charge in [-0.15, -0.1) is 5.10 Å². The first-order valence-corrected chi connectivity index (χ1v) is 7.01. The van der Waals surface area contributed by atoms with Crippen LogP contribution in [0, 0.1) is 12.7 Å². The Labute approximate surface area is 132 Å². The molecule has 0 atom stereocenters. The normalized spacial score (nSPS) is 10.5. The van der Waals surface area contributed by atoms with Crippen LogP contribution in [0.2, 0.25) is 0 Å². The number of benzene rings is 2. The average molecular weight is 311 g/mol. The lowest BCUT2D eigenvalue weighted by Gasteiger charge is -2.07. The third-order valence-corrected chi connectivity index (χ3v) is 3.34. The van der Waals surface area contributed by atoms with Crippen molar-refractivity contribution in [1.82, 2.24) is 25.5 Å². The largest absolute Gasteiger partial charge is 0.348 e. The van der Waals surface area contributed by atoms with Gasteiger partial charge in [-0.3, -0.25) is 4.79 Å². The number of carbonyl (C=O) groups excluding carboxylic acids is 1. The summed E-state index contributed by atoms with van der Waals surface area (Å²) in [5.41, 5.74) is 2.04. The standard InChI is InChI=1S/C16H14FN5O/c1-11-19-20-21-22(11)15-4-2-3-13(9-15)16(23)18-10-12-5-7-14(17)8-6-12/h2-9H,10H2,1H3,(H,18,23). The number of amides is 1. The quantitative estimate of drug-likeness (QED) is 0.800. The second kappa shape index (κ2) is 6.35. The molecule has 3 aromatic rings. The summed E-state index contributed by atoms with van der Waals surface area (Å²) in [6.07, 6.45) is 0. The van der Waals surface area contributed by atoms with Crippen molar-refractivity contribution in [2.45, 2.75) is 13.5 Å². The minimum Gasteiger partial charge on any atom is -0.348 e. The van der Waals surface area contributed by atoms with Crippen LogP contribution in [0.5, 0.6) is 0 Å². The van der Waals surface area contributed by atoms with Gasteiger partial charge < -0.3 is 5.32 Å². The van der Waals surface area contributed by atoms with E-state index in [-0.39, 0.29) is 11.7 Å². The Morgan fingerprint density at radius 2 is 2.00 bits per heavy atom. The van der Waals surface area contributed by atoms with Crippen molar-refractivity contribution < 1.29 is 9.18 Å². The number of carbonyl (C=O) groups is 1. The summed E-state index contributed by atoms with van der Waals surface area (Å²) in [5.74, 6) is 0.111. The summed E-state index contributed by atoms with van der Waals surface area (Å²) in [7, 11) is 0. The number of hydrogen-bond acceptors (Lipinski definition) is 4. The van der Waals surface area contributed by atoms with Crippen molar-refractivity contribution in [3.63, 3.8) is 0 Å². The number of rotatable bonds is 4. The van der Waals surface area contributed by atoms with Crippen molar-refractivity contribution >= 4 is 5.91 Å². The van der Waals surface area contributed by atoms with Gasteiger partial charge in [-0.25, -0.2) is 4.39 Å². The van der Waals surface area contributed by atoms with Crippen LogP contribution in [0.15, 0.2) is 48.5 Å². The number of halogens is 1. The Hall–Kier alpha value is -3.09. The van der Waals surface area contributed by atoms with E-state index in [0.29, 0.717) is 23.6 Å². The molecule has 0 aliphatic carbocycles. The second-order valence-electron chi connectivity index (χ2n) is 5.00. The smallest absolute Gasteiger partial charge is 0.251 e. The van der Waals surface area contributed by atoms with E-state index < -0.39 is 0 Å². The highest BCUT2D eigenvalue weighted by molar-refractivity contribution is 5.94. The summed E-state index contributed by atoms with van der Waals surface area (Å²) in [6, 6.07) is 13.0. The molecule has 1 N–H and O–H groups in total. The summed E-state index contributed by atoms with van der Waals surface area (Å²) < 4.78 is 14.4. The highest BCUT2D eigenvalue weighted by atomic mass is 19.1. The predicted octanol–water partition coefficient (Wildman–Crippen LogP) is 2.04. The number of hydrogen-bond donors (Lipinski definition) is 1. The third-order valence-electron chi connectivity index (χ3n) is 3.34. The maximum Gasteiger partial charge on any atom is 0.251 e. The molecule has 0 bridgehead atoms. The zero-order valence-corrected chi connectivity index (χ0v) is 12.4. The van der Waals surface area contributed by atoms with Gasteiger partial charge in [0.05, 0.1) is 5.69 Å². The van der Waals surface area contributed by atoms with Gasteiger partial charge in [0.25, 0.3) is 5.91 Å². The number of nitrogens with one attached hydrogen (secondary N) is 1. The predicted molar refractivity (Wildman–Crippen MR) is 81.5 cm³/mol. The zero-order valence-electron chi connectivity index (χ0n) is 12.4. The van der Waals surface area contributed by atoms with Crippen LogP contribution >= 0.6 is 0 Å². The minimum atomic E-state index is -0.301. The lowest BCUT2D eigenvalue weighted by molar-refractivity contribution is 0.0951. The van der Waals surface area contributed by atoms with E-state index in [9.17, 15) is 9.18 Å². The van der Waals surface area contributed by atoms with Crippen molar-refractivity contribution in [2.24, 2.45) is 0 Å². The number of aromatic nitrogens is 4. The van der Waals surface area contributed by atoms with E-state index in [2.05, 4.69) is 20.8 Å². The van der Waals surface area contributed by atoms with Crippen LogP contribution in [0.4, 0.5) is 4.39 Å². The Morgan fingerprint density at radius 3 is 2.70 bits per heavy atom. The maximum absolute atomic E-state index is 12.9. The molecule has 7 heteroatoms. The molecule has 6 nitrogen and oxygen atoms in total. The molecule has 0 spiro atoms. The molecule has 1 amide bonds. The van der Waals surface area contributed by atoms with Gasteiger partial charge in [0, 0.05) is 12.1 Å². The molecule has 0 unspecified atom stereocenters. The van der Waals surface area contributed by atoms with Crippen LogP contribution in [-0.4, -0.2) is 26.1 Å². The molecule has 0 radical (unpaired) electrons. The summed E-state index contributed by atoms with van der Waals surface area (Å²) >= 11 is 0. The van der Waals surface area contributed by atoms with Gasteiger partial charge in [-0.05, 0) is 53.2 Å². The fourth-order valence-corrected chi connectivity index (χ4v) is 2.14. The minimum absolute atomic E-state index is 0.220. The second-order valence-corrected chi connectivity index (χ2v) is 5.00. The first-order chi connectivity index (χ1) is 11.1. The molecule has 3 rings (SSSR count). The molecular weight excluding hydrogens is 297 g/mol. The molecule has 0 aliphatic heterocycles. The SMILES string of the molecule is Cc1nnnn1-c1cccc(C(=O)NCc2ccc(F)cc2)c1. The Bertz CT molecular complexity index is 828. The van der Waals surface area contributed by atoms with E-state index in [4.69, 9.17) is 0 Å². The molecule has 1 aromatic heterocycles. The van der Waals surface area contributed by atoms with Crippen molar-refractivity contribution in [3.05, 3.63) is 71.3 Å². The Kier molecular flexibility index (Phi) is 4.09. The first kappa shape index (κ1) is 14.8. The van der Waals surface area contributed by atoms with E-state index in [1.54, 1.807) is 41.9 Å². The van der Waals surface area contributed by atoms with Gasteiger partial charge in [0.2, 0.25) is 0 Å². The van der Waals surface area contributed by atoms with Gasteiger partial charge in [-0.1, -0.05) is 18.2 Å². The van der Waals surface area contributed by atoms with Gasteiger partial charge >= 0.3 is 0 Å². The van der Waals surface area contributed by atoms with Gasteiger partial charge in [0.1, 0.15) is 5.82 Å². The molecule has 0 saturated carbocycles. The third kappa shape index (κ3) is 3.39. The topological polar surface area (TPSA) is 72.7 Å². The fraction of sp³-hybridized carbons (Fsp3) is 0.125. The van der Waals surface area contributed by atoms with Gasteiger partial charge in [-0.2, -0.15) is 4.68 Å². The van der Waals surface area contributed by atoms with E-state index in [0.717, 1.165) is 5.56 Å². The molecule has 0 saturated heterocycles. The monoisotopic (exact) mass is 311 g/mol. The molecule has 0 fully saturated rings. The van der Waals surface area contributed by atoms with Crippen LogP contribution in [0.3, 0.4) is 0 Å². The Morgan fingerprint density at radius 1 is 1.22 bits per heavy atom. The molecule has 2 aromatic carbocycles. The summed E-state index contributed by atoms with van der Waals surface area (Å²) in [6.45, 7) is 2.11. The molecule has 0 aliphatic rings. The van der Waals surface area contributed by atoms with Crippen LogP contribution in [0.1, 0.15) is 21.7 Å². The molecule has 116 valence electrons. The summed E-state index contributed by atoms with van der Waals surface area (Å²) in [5, 5.41) is 14.1. The van der Waals surface area contributed by atoms with Crippen molar-refractivity contribution in [1.29, 1.82) is 0 Å². The van der Waals surface area contributed by atoms with E-state index in [1.165, 1.54) is 12.1 Å². The first-order valence-electron chi connectivity index (χ1n) is 7.01. The number of nitrogens with zero attached hydrogens (tertiary/aromatic N) is 4. The lowest BCUT2D eigenvalue weighted by atomic mass is 10.1. The number of aryl methyl sites for hydroxylation is 1. The Balaban J connectivity index is 1.72. The highest BCUT2D eigenvalue weighted by Crippen LogP contribution is 2.11. The van der Waals surface area contributed by atoms with Crippen LogP contribution in [0.25, 0.3) is 5.69 Å². The van der Waals surface area contributed by atoms with E-state index >= 15 is 0 Å².